The lowest BCUT2D eigenvalue weighted by molar-refractivity contribution is 0.279. The third-order valence-electron chi connectivity index (χ3n) is 6.24. The van der Waals surface area contributed by atoms with Crippen LogP contribution in [0.5, 0.6) is 5.75 Å². The number of methoxy groups -OCH3 is 1. The molecule has 0 aliphatic carbocycles. The first-order valence-corrected chi connectivity index (χ1v) is 9.59. The smallest absolute Gasteiger partial charge is 0.229 e. The van der Waals surface area contributed by atoms with Gasteiger partial charge < -0.3 is 15.4 Å². The van der Waals surface area contributed by atoms with Crippen LogP contribution in [-0.4, -0.2) is 58.4 Å². The highest BCUT2D eigenvalue weighted by atomic mass is 16.5. The van der Waals surface area contributed by atoms with Crippen molar-refractivity contribution in [3.8, 4) is 5.75 Å². The number of likely N-dealkylation sites (tertiary alicyclic amines) is 1. The summed E-state index contributed by atoms with van der Waals surface area (Å²) in [5, 5.41) is 5.06. The SMILES string of the molecule is COc1ccc([C@@H]2[C@@H]3CN(c4nc(N)c5cnn(C)c5n4)C[C@@H]3CN2C)cc1. The Morgan fingerprint density at radius 2 is 1.86 bits per heavy atom. The van der Waals surface area contributed by atoms with E-state index < -0.39 is 0 Å². The van der Waals surface area contributed by atoms with E-state index in [4.69, 9.17) is 15.5 Å². The van der Waals surface area contributed by atoms with Gasteiger partial charge in [0.15, 0.2) is 5.65 Å². The fraction of sp³-hybridized carbons (Fsp3) is 0.450. The van der Waals surface area contributed by atoms with Gasteiger partial charge in [0, 0.05) is 38.6 Å². The third-order valence-corrected chi connectivity index (χ3v) is 6.24. The number of hydrogen-bond donors (Lipinski definition) is 1. The highest BCUT2D eigenvalue weighted by Crippen LogP contribution is 2.45. The molecular weight excluding hydrogens is 354 g/mol. The first kappa shape index (κ1) is 17.2. The number of nitrogens with zero attached hydrogens (tertiary/aromatic N) is 6. The molecule has 8 nitrogen and oxygen atoms in total. The number of ether oxygens (including phenoxy) is 1. The molecule has 0 spiro atoms. The van der Waals surface area contributed by atoms with Crippen molar-refractivity contribution in [2.75, 3.05) is 44.4 Å². The number of anilines is 2. The van der Waals surface area contributed by atoms with Gasteiger partial charge in [0.25, 0.3) is 0 Å². The molecule has 0 radical (unpaired) electrons. The molecule has 28 heavy (non-hydrogen) atoms. The molecule has 0 unspecified atom stereocenters. The fourth-order valence-corrected chi connectivity index (χ4v) is 4.90. The average Bonchev–Trinajstić information content (AvgIpc) is 3.35. The van der Waals surface area contributed by atoms with Gasteiger partial charge in [-0.1, -0.05) is 12.1 Å². The van der Waals surface area contributed by atoms with Gasteiger partial charge in [-0.2, -0.15) is 15.1 Å². The quantitative estimate of drug-likeness (QED) is 0.741. The van der Waals surface area contributed by atoms with Crippen LogP contribution in [0.3, 0.4) is 0 Å². The van der Waals surface area contributed by atoms with E-state index in [1.807, 2.05) is 19.2 Å². The Labute approximate surface area is 163 Å². The second-order valence-electron chi connectivity index (χ2n) is 7.90. The van der Waals surface area contributed by atoms with E-state index in [0.717, 1.165) is 36.4 Å². The molecule has 3 atom stereocenters. The second kappa shape index (κ2) is 6.34. The number of benzene rings is 1. The summed E-state index contributed by atoms with van der Waals surface area (Å²) in [4.78, 5) is 14.1. The van der Waals surface area contributed by atoms with E-state index in [-0.39, 0.29) is 0 Å². The minimum Gasteiger partial charge on any atom is -0.497 e. The second-order valence-corrected chi connectivity index (χ2v) is 7.90. The van der Waals surface area contributed by atoms with Gasteiger partial charge in [0.05, 0.1) is 18.7 Å². The molecule has 2 aliphatic rings. The lowest BCUT2D eigenvalue weighted by Gasteiger charge is -2.27. The Morgan fingerprint density at radius 1 is 1.07 bits per heavy atom. The average molecular weight is 379 g/mol. The molecule has 2 fully saturated rings. The van der Waals surface area contributed by atoms with Crippen molar-refractivity contribution in [3.63, 3.8) is 0 Å². The topological polar surface area (TPSA) is 85.3 Å². The summed E-state index contributed by atoms with van der Waals surface area (Å²) in [6, 6.07) is 8.84. The van der Waals surface area contributed by atoms with Crippen LogP contribution in [-0.2, 0) is 7.05 Å². The van der Waals surface area contributed by atoms with Crippen molar-refractivity contribution in [1.29, 1.82) is 0 Å². The van der Waals surface area contributed by atoms with E-state index in [2.05, 4.69) is 39.1 Å². The van der Waals surface area contributed by atoms with Crippen molar-refractivity contribution in [2.45, 2.75) is 6.04 Å². The number of aromatic nitrogens is 4. The maximum atomic E-state index is 6.17. The molecule has 3 aromatic rings. The monoisotopic (exact) mass is 379 g/mol. The predicted molar refractivity (Wildman–Crippen MR) is 108 cm³/mol. The van der Waals surface area contributed by atoms with Crippen LogP contribution < -0.4 is 15.4 Å². The van der Waals surface area contributed by atoms with Crippen molar-refractivity contribution in [1.82, 2.24) is 24.6 Å². The molecule has 2 aliphatic heterocycles. The largest absolute Gasteiger partial charge is 0.497 e. The number of aryl methyl sites for hydroxylation is 1. The Hall–Kier alpha value is -2.87. The number of fused-ring (bicyclic) bond motifs is 2. The molecule has 5 rings (SSSR count). The molecule has 4 heterocycles. The summed E-state index contributed by atoms with van der Waals surface area (Å²) >= 11 is 0. The van der Waals surface area contributed by atoms with Crippen LogP contribution in [0.1, 0.15) is 11.6 Å². The molecule has 1 aromatic carbocycles. The molecule has 146 valence electrons. The van der Waals surface area contributed by atoms with E-state index in [0.29, 0.717) is 29.6 Å². The minimum absolute atomic E-state index is 0.388. The zero-order chi connectivity index (χ0) is 19.4. The van der Waals surface area contributed by atoms with Crippen LogP contribution in [0.2, 0.25) is 0 Å². The lowest BCUT2D eigenvalue weighted by atomic mass is 9.89. The van der Waals surface area contributed by atoms with E-state index >= 15 is 0 Å². The Bertz CT molecular complexity index is 1020. The van der Waals surface area contributed by atoms with Crippen molar-refractivity contribution >= 4 is 22.8 Å². The molecular formula is C20H25N7O. The van der Waals surface area contributed by atoms with Crippen molar-refractivity contribution in [3.05, 3.63) is 36.0 Å². The van der Waals surface area contributed by atoms with Gasteiger partial charge >= 0.3 is 0 Å². The predicted octanol–water partition coefficient (Wildman–Crippen LogP) is 1.69. The summed E-state index contributed by atoms with van der Waals surface area (Å²) in [6.45, 7) is 2.94. The van der Waals surface area contributed by atoms with Crippen LogP contribution >= 0.6 is 0 Å². The van der Waals surface area contributed by atoms with E-state index in [9.17, 15) is 0 Å². The molecule has 0 saturated carbocycles. The lowest BCUT2D eigenvalue weighted by Crippen LogP contribution is -2.30. The van der Waals surface area contributed by atoms with E-state index in [1.165, 1.54) is 5.56 Å². The molecule has 0 bridgehead atoms. The van der Waals surface area contributed by atoms with Gasteiger partial charge in [-0.3, -0.25) is 9.58 Å². The summed E-state index contributed by atoms with van der Waals surface area (Å²) in [5.74, 6) is 3.21. The number of rotatable bonds is 3. The first-order valence-electron chi connectivity index (χ1n) is 9.59. The van der Waals surface area contributed by atoms with Crippen molar-refractivity contribution < 1.29 is 4.74 Å². The first-order chi connectivity index (χ1) is 13.5. The van der Waals surface area contributed by atoms with Gasteiger partial charge in [-0.25, -0.2) is 0 Å². The van der Waals surface area contributed by atoms with Gasteiger partial charge in [0.2, 0.25) is 5.95 Å². The van der Waals surface area contributed by atoms with Crippen LogP contribution in [0.4, 0.5) is 11.8 Å². The number of nitrogen functional groups attached to an aromatic ring is 1. The maximum absolute atomic E-state index is 6.17. The number of hydrogen-bond acceptors (Lipinski definition) is 7. The molecule has 0 amide bonds. The van der Waals surface area contributed by atoms with E-state index in [1.54, 1.807) is 18.0 Å². The standard InChI is InChI=1S/C20H25N7O/c1-25-9-13-10-27(20-23-18(21)15-8-22-26(2)19(15)24-20)11-16(13)17(25)12-4-6-14(28-3)7-5-12/h4-8,13,16-17H,9-11H2,1-3H3,(H2,21,23,24)/t13-,16+,17+/m0/s1. The van der Waals surface area contributed by atoms with Gasteiger partial charge in [-0.15, -0.1) is 0 Å². The zero-order valence-electron chi connectivity index (χ0n) is 16.4. The summed E-state index contributed by atoms with van der Waals surface area (Å²) in [7, 11) is 5.80. The highest BCUT2D eigenvalue weighted by molar-refractivity contribution is 5.86. The summed E-state index contributed by atoms with van der Waals surface area (Å²) in [6.07, 6.45) is 1.72. The minimum atomic E-state index is 0.388. The van der Waals surface area contributed by atoms with Gasteiger partial charge in [0.1, 0.15) is 11.6 Å². The van der Waals surface area contributed by atoms with Crippen LogP contribution in [0.15, 0.2) is 30.5 Å². The van der Waals surface area contributed by atoms with Crippen molar-refractivity contribution in [2.24, 2.45) is 18.9 Å². The number of nitrogens with two attached hydrogens (primary N) is 1. The molecule has 2 aromatic heterocycles. The fourth-order valence-electron chi connectivity index (χ4n) is 4.90. The third kappa shape index (κ3) is 2.59. The molecule has 2 N–H and O–H groups in total. The highest BCUT2D eigenvalue weighted by Gasteiger charge is 2.46. The van der Waals surface area contributed by atoms with Gasteiger partial charge in [-0.05, 0) is 30.7 Å². The van der Waals surface area contributed by atoms with Crippen LogP contribution in [0, 0.1) is 11.8 Å². The Morgan fingerprint density at radius 3 is 2.61 bits per heavy atom. The summed E-state index contributed by atoms with van der Waals surface area (Å²) < 4.78 is 7.06. The maximum Gasteiger partial charge on any atom is 0.229 e. The molecule has 8 heteroatoms. The van der Waals surface area contributed by atoms with Crippen LogP contribution in [0.25, 0.3) is 11.0 Å². The molecule has 2 saturated heterocycles. The normalized spacial score (nSPS) is 24.8. The zero-order valence-corrected chi connectivity index (χ0v) is 16.4. The Kier molecular flexibility index (Phi) is 3.90. The summed E-state index contributed by atoms with van der Waals surface area (Å²) in [5.41, 5.74) is 8.28. The Balaban J connectivity index is 1.44.